The van der Waals surface area contributed by atoms with Crippen molar-refractivity contribution in [2.45, 2.75) is 46.1 Å². The summed E-state index contributed by atoms with van der Waals surface area (Å²) in [5, 5.41) is 6.14. The maximum Gasteiger partial charge on any atom is 0.323 e. The molecule has 21 heavy (non-hydrogen) atoms. The molecule has 1 aromatic heterocycles. The second kappa shape index (κ2) is 8.93. The molecular formula is C13H24N6O2. The molecule has 0 fully saturated rings. The molecule has 0 saturated heterocycles. The molecule has 118 valence electrons. The molecule has 1 heterocycles. The summed E-state index contributed by atoms with van der Waals surface area (Å²) in [7, 11) is 0. The summed E-state index contributed by atoms with van der Waals surface area (Å²) in [5.41, 5.74) is 5.09. The van der Waals surface area contributed by atoms with E-state index in [9.17, 15) is 4.79 Å². The van der Waals surface area contributed by atoms with E-state index in [2.05, 4.69) is 32.5 Å². The zero-order chi connectivity index (χ0) is 15.7. The number of carbonyl (C=O) groups excluding carboxylic acids is 1. The van der Waals surface area contributed by atoms with Gasteiger partial charge in [-0.1, -0.05) is 6.92 Å². The smallest absolute Gasteiger partial charge is 0.323 e. The number of aromatic nitrogens is 3. The first kappa shape index (κ1) is 16.9. The molecule has 0 spiro atoms. The predicted octanol–water partition coefficient (Wildman–Crippen LogP) is 1.16. The van der Waals surface area contributed by atoms with Crippen LogP contribution in [0.5, 0.6) is 6.01 Å². The number of nitrogens with one attached hydrogen (secondary N) is 2. The standard InChI is InChI=1S/C13H24N6O2/c1-4-7-15-11-17-12(16-8-5-6-10(14)20)19-13(18-11)21-9(2)3/h9H,4-8H2,1-3H3,(H2,14,20)(H2,15,16,17,18,19). The van der Waals surface area contributed by atoms with Crippen molar-refractivity contribution in [1.82, 2.24) is 15.0 Å². The number of nitrogens with zero attached hydrogens (tertiary/aromatic N) is 3. The van der Waals surface area contributed by atoms with Gasteiger partial charge in [0.05, 0.1) is 6.10 Å². The first-order valence-electron chi connectivity index (χ1n) is 7.20. The molecule has 1 amide bonds. The summed E-state index contributed by atoms with van der Waals surface area (Å²) >= 11 is 0. The van der Waals surface area contributed by atoms with Crippen molar-refractivity contribution < 1.29 is 9.53 Å². The minimum atomic E-state index is -0.318. The van der Waals surface area contributed by atoms with Crippen molar-refractivity contribution in [3.63, 3.8) is 0 Å². The summed E-state index contributed by atoms with van der Waals surface area (Å²) in [6.45, 7) is 7.20. The fourth-order valence-corrected chi connectivity index (χ4v) is 1.48. The molecule has 0 aliphatic rings. The Morgan fingerprint density at radius 1 is 1.19 bits per heavy atom. The van der Waals surface area contributed by atoms with E-state index in [1.54, 1.807) is 0 Å². The van der Waals surface area contributed by atoms with Gasteiger partial charge < -0.3 is 21.1 Å². The molecule has 0 atom stereocenters. The van der Waals surface area contributed by atoms with Crippen molar-refractivity contribution in [2.75, 3.05) is 23.7 Å². The average Bonchev–Trinajstić information content (AvgIpc) is 2.40. The van der Waals surface area contributed by atoms with Gasteiger partial charge in [-0.15, -0.1) is 0 Å². The normalized spacial score (nSPS) is 10.5. The lowest BCUT2D eigenvalue weighted by atomic mass is 10.3. The molecule has 0 radical (unpaired) electrons. The lowest BCUT2D eigenvalue weighted by Crippen LogP contribution is -2.16. The molecule has 4 N–H and O–H groups in total. The molecule has 0 saturated carbocycles. The average molecular weight is 296 g/mol. The molecule has 0 unspecified atom stereocenters. The summed E-state index contributed by atoms with van der Waals surface area (Å²) in [6.07, 6.45) is 1.90. The maximum atomic E-state index is 10.7. The van der Waals surface area contributed by atoms with Crippen LogP contribution >= 0.6 is 0 Å². The number of primary amides is 1. The highest BCUT2D eigenvalue weighted by Gasteiger charge is 2.08. The van der Waals surface area contributed by atoms with Crippen molar-refractivity contribution in [3.05, 3.63) is 0 Å². The third kappa shape index (κ3) is 7.28. The molecular weight excluding hydrogens is 272 g/mol. The Morgan fingerprint density at radius 2 is 1.81 bits per heavy atom. The van der Waals surface area contributed by atoms with Gasteiger partial charge in [0.2, 0.25) is 17.8 Å². The third-order valence-electron chi connectivity index (χ3n) is 2.37. The molecule has 0 aliphatic carbocycles. The van der Waals surface area contributed by atoms with Crippen LogP contribution in [-0.2, 0) is 4.79 Å². The van der Waals surface area contributed by atoms with Gasteiger partial charge in [-0.25, -0.2) is 0 Å². The quantitative estimate of drug-likeness (QED) is 0.555. The Kier molecular flexibility index (Phi) is 7.20. The fourth-order valence-electron chi connectivity index (χ4n) is 1.48. The fraction of sp³-hybridized carbons (Fsp3) is 0.692. The van der Waals surface area contributed by atoms with Crippen LogP contribution in [0.3, 0.4) is 0 Å². The highest BCUT2D eigenvalue weighted by atomic mass is 16.5. The maximum absolute atomic E-state index is 10.7. The van der Waals surface area contributed by atoms with Crippen LogP contribution in [-0.4, -0.2) is 40.1 Å². The second-order valence-electron chi connectivity index (χ2n) is 4.86. The zero-order valence-corrected chi connectivity index (χ0v) is 12.8. The highest BCUT2D eigenvalue weighted by Crippen LogP contribution is 2.12. The number of hydrogen-bond donors (Lipinski definition) is 3. The minimum absolute atomic E-state index is 0.0193. The first-order chi connectivity index (χ1) is 10.0. The number of anilines is 2. The van der Waals surface area contributed by atoms with Crippen molar-refractivity contribution in [3.8, 4) is 6.01 Å². The van der Waals surface area contributed by atoms with Crippen LogP contribution < -0.4 is 21.1 Å². The van der Waals surface area contributed by atoms with E-state index in [-0.39, 0.29) is 18.0 Å². The van der Waals surface area contributed by atoms with Crippen LogP contribution in [0.4, 0.5) is 11.9 Å². The molecule has 1 aromatic rings. The molecule has 8 nitrogen and oxygen atoms in total. The van der Waals surface area contributed by atoms with Crippen molar-refractivity contribution in [1.29, 1.82) is 0 Å². The van der Waals surface area contributed by atoms with Crippen LogP contribution in [0, 0.1) is 0 Å². The zero-order valence-electron chi connectivity index (χ0n) is 12.8. The van der Waals surface area contributed by atoms with E-state index in [1.165, 1.54) is 0 Å². The SMILES string of the molecule is CCCNc1nc(NCCCC(N)=O)nc(OC(C)C)n1. The number of nitrogens with two attached hydrogens (primary N) is 1. The Hall–Kier alpha value is -2.12. The van der Waals surface area contributed by atoms with Gasteiger partial charge in [-0.2, -0.15) is 15.0 Å². The third-order valence-corrected chi connectivity index (χ3v) is 2.37. The topological polar surface area (TPSA) is 115 Å². The van der Waals surface area contributed by atoms with Crippen LogP contribution in [0.15, 0.2) is 0 Å². The number of hydrogen-bond acceptors (Lipinski definition) is 7. The lowest BCUT2D eigenvalue weighted by Gasteiger charge is -2.11. The highest BCUT2D eigenvalue weighted by molar-refractivity contribution is 5.73. The van der Waals surface area contributed by atoms with Gasteiger partial charge in [0.15, 0.2) is 0 Å². The van der Waals surface area contributed by atoms with E-state index in [0.29, 0.717) is 31.3 Å². The van der Waals surface area contributed by atoms with E-state index in [4.69, 9.17) is 10.5 Å². The van der Waals surface area contributed by atoms with Crippen LogP contribution in [0.1, 0.15) is 40.0 Å². The first-order valence-corrected chi connectivity index (χ1v) is 7.20. The van der Waals surface area contributed by atoms with Crippen molar-refractivity contribution in [2.24, 2.45) is 5.73 Å². The number of carbonyl (C=O) groups is 1. The lowest BCUT2D eigenvalue weighted by molar-refractivity contribution is -0.118. The Labute approximate surface area is 124 Å². The van der Waals surface area contributed by atoms with E-state index < -0.39 is 0 Å². The predicted molar refractivity (Wildman–Crippen MR) is 81.3 cm³/mol. The number of ether oxygens (including phenoxy) is 1. The minimum Gasteiger partial charge on any atom is -0.461 e. The summed E-state index contributed by atoms with van der Waals surface area (Å²) in [4.78, 5) is 23.3. The Balaban J connectivity index is 2.68. The van der Waals surface area contributed by atoms with Gasteiger partial charge in [-0.3, -0.25) is 4.79 Å². The Bertz CT molecular complexity index is 452. The summed E-state index contributed by atoms with van der Waals surface area (Å²) < 4.78 is 5.50. The molecule has 8 heteroatoms. The van der Waals surface area contributed by atoms with Gasteiger partial charge in [0, 0.05) is 19.5 Å². The van der Waals surface area contributed by atoms with Gasteiger partial charge >= 0.3 is 6.01 Å². The second-order valence-corrected chi connectivity index (χ2v) is 4.86. The molecule has 0 aromatic carbocycles. The number of amides is 1. The Morgan fingerprint density at radius 3 is 2.33 bits per heavy atom. The van der Waals surface area contributed by atoms with E-state index in [0.717, 1.165) is 13.0 Å². The van der Waals surface area contributed by atoms with Crippen molar-refractivity contribution >= 4 is 17.8 Å². The number of rotatable bonds is 10. The van der Waals surface area contributed by atoms with E-state index in [1.807, 2.05) is 13.8 Å². The van der Waals surface area contributed by atoms with Crippen LogP contribution in [0.2, 0.25) is 0 Å². The summed E-state index contributed by atoms with van der Waals surface area (Å²) in [6, 6.07) is 0.274. The van der Waals surface area contributed by atoms with Gasteiger partial charge in [0.25, 0.3) is 0 Å². The van der Waals surface area contributed by atoms with Crippen LogP contribution in [0.25, 0.3) is 0 Å². The van der Waals surface area contributed by atoms with Gasteiger partial charge in [-0.05, 0) is 26.7 Å². The summed E-state index contributed by atoms with van der Waals surface area (Å²) in [5.74, 6) is 0.574. The molecule has 0 aliphatic heterocycles. The van der Waals surface area contributed by atoms with E-state index >= 15 is 0 Å². The van der Waals surface area contributed by atoms with Gasteiger partial charge in [0.1, 0.15) is 0 Å². The monoisotopic (exact) mass is 296 g/mol. The molecule has 1 rings (SSSR count). The largest absolute Gasteiger partial charge is 0.461 e. The molecule has 0 bridgehead atoms.